The average Bonchev–Trinajstić information content (AvgIpc) is 3.31. The Bertz CT molecular complexity index is 798. The van der Waals surface area contributed by atoms with E-state index < -0.39 is 0 Å². The normalized spacial score (nSPS) is 15.4. The Morgan fingerprint density at radius 3 is 2.72 bits per heavy atom. The van der Waals surface area contributed by atoms with Crippen molar-refractivity contribution in [1.29, 1.82) is 0 Å². The Morgan fingerprint density at radius 1 is 1.04 bits per heavy atom. The summed E-state index contributed by atoms with van der Waals surface area (Å²) in [6.07, 6.45) is 6.42. The zero-order valence-electron chi connectivity index (χ0n) is 13.7. The molecule has 1 saturated carbocycles. The van der Waals surface area contributed by atoms with E-state index in [-0.39, 0.29) is 0 Å². The zero-order valence-corrected chi connectivity index (χ0v) is 15.4. The molecule has 6 nitrogen and oxygen atoms in total. The van der Waals surface area contributed by atoms with Crippen LogP contribution in [0.2, 0.25) is 0 Å². The Labute approximate surface area is 154 Å². The van der Waals surface area contributed by atoms with E-state index in [1.54, 1.807) is 23.1 Å². The molecule has 130 valence electrons. The topological polar surface area (TPSA) is 76.7 Å². The Balaban J connectivity index is 1.32. The molecule has 1 aliphatic rings. The van der Waals surface area contributed by atoms with E-state index in [1.807, 2.05) is 30.3 Å². The molecule has 0 radical (unpaired) electrons. The van der Waals surface area contributed by atoms with Crippen molar-refractivity contribution >= 4 is 28.2 Å². The number of anilines is 1. The minimum atomic E-state index is 0.545. The minimum Gasteiger partial charge on any atom is -0.420 e. The van der Waals surface area contributed by atoms with Gasteiger partial charge in [0.1, 0.15) is 0 Å². The fourth-order valence-corrected chi connectivity index (χ4v) is 4.55. The zero-order chi connectivity index (χ0) is 16.9. The predicted molar refractivity (Wildman–Crippen MR) is 99.7 cm³/mol. The van der Waals surface area contributed by atoms with Gasteiger partial charge in [0.05, 0.1) is 5.75 Å². The van der Waals surface area contributed by atoms with Gasteiger partial charge in [0, 0.05) is 11.6 Å². The van der Waals surface area contributed by atoms with Crippen LogP contribution in [0.4, 0.5) is 5.13 Å². The number of aromatic nitrogens is 4. The Kier molecular flexibility index (Phi) is 5.27. The molecule has 0 aliphatic heterocycles. The second kappa shape index (κ2) is 7.97. The number of benzene rings is 1. The highest BCUT2D eigenvalue weighted by atomic mass is 32.2. The third-order valence-corrected chi connectivity index (χ3v) is 6.12. The standard InChI is InChI=1S/C17H19N5OS2/c1-3-7-12(8-4-1)15-20-19-14(23-15)11-24-17-22-21-16(25-17)18-13-9-5-2-6-10-13/h1,3-4,7-8,13H,2,5-6,9-11H2,(H,18,21). The van der Waals surface area contributed by atoms with Crippen LogP contribution in [0.5, 0.6) is 0 Å². The summed E-state index contributed by atoms with van der Waals surface area (Å²) in [6.45, 7) is 0. The van der Waals surface area contributed by atoms with Gasteiger partial charge in [-0.1, -0.05) is 60.6 Å². The quantitative estimate of drug-likeness (QED) is 0.631. The van der Waals surface area contributed by atoms with Crippen LogP contribution in [0, 0.1) is 0 Å². The van der Waals surface area contributed by atoms with Crippen LogP contribution in [0.25, 0.3) is 11.5 Å². The molecule has 0 spiro atoms. The highest BCUT2D eigenvalue weighted by Crippen LogP contribution is 2.30. The lowest BCUT2D eigenvalue weighted by molar-refractivity contribution is 0.462. The first-order valence-corrected chi connectivity index (χ1v) is 10.3. The maximum Gasteiger partial charge on any atom is 0.247 e. The second-order valence-electron chi connectivity index (χ2n) is 6.01. The van der Waals surface area contributed by atoms with Crippen molar-refractivity contribution in [3.05, 3.63) is 36.2 Å². The molecule has 25 heavy (non-hydrogen) atoms. The van der Waals surface area contributed by atoms with Gasteiger partial charge in [-0.2, -0.15) is 0 Å². The first kappa shape index (κ1) is 16.5. The van der Waals surface area contributed by atoms with Crippen molar-refractivity contribution in [2.45, 2.75) is 48.2 Å². The second-order valence-corrected chi connectivity index (χ2v) is 8.21. The van der Waals surface area contributed by atoms with Gasteiger partial charge < -0.3 is 9.73 Å². The van der Waals surface area contributed by atoms with Crippen molar-refractivity contribution in [2.24, 2.45) is 0 Å². The molecule has 1 fully saturated rings. The van der Waals surface area contributed by atoms with Gasteiger partial charge in [-0.05, 0) is 25.0 Å². The molecule has 4 rings (SSSR count). The fourth-order valence-electron chi connectivity index (χ4n) is 2.88. The van der Waals surface area contributed by atoms with Crippen LogP contribution in [0.3, 0.4) is 0 Å². The summed E-state index contributed by atoms with van der Waals surface area (Å²) in [5, 5.41) is 21.1. The molecule has 0 atom stereocenters. The highest BCUT2D eigenvalue weighted by Gasteiger charge is 2.16. The molecule has 1 aliphatic carbocycles. The molecule has 2 aromatic heterocycles. The fraction of sp³-hybridized carbons (Fsp3) is 0.412. The maximum absolute atomic E-state index is 5.72. The molecule has 2 heterocycles. The summed E-state index contributed by atoms with van der Waals surface area (Å²) in [5.41, 5.74) is 0.932. The van der Waals surface area contributed by atoms with Gasteiger partial charge in [-0.15, -0.1) is 20.4 Å². The lowest BCUT2D eigenvalue weighted by Gasteiger charge is -2.21. The molecule has 3 aromatic rings. The minimum absolute atomic E-state index is 0.545. The van der Waals surface area contributed by atoms with Crippen molar-refractivity contribution in [2.75, 3.05) is 5.32 Å². The number of hydrogen-bond acceptors (Lipinski definition) is 8. The van der Waals surface area contributed by atoms with Gasteiger partial charge in [-0.25, -0.2) is 0 Å². The number of hydrogen-bond donors (Lipinski definition) is 1. The number of rotatable bonds is 6. The van der Waals surface area contributed by atoms with E-state index >= 15 is 0 Å². The van der Waals surface area contributed by atoms with E-state index in [4.69, 9.17) is 4.42 Å². The molecule has 0 amide bonds. The van der Waals surface area contributed by atoms with Gasteiger partial charge in [0.2, 0.25) is 16.9 Å². The maximum atomic E-state index is 5.72. The number of nitrogens with one attached hydrogen (secondary N) is 1. The number of nitrogens with zero attached hydrogens (tertiary/aromatic N) is 4. The van der Waals surface area contributed by atoms with E-state index in [0.717, 1.165) is 15.0 Å². The summed E-state index contributed by atoms with van der Waals surface area (Å²) in [7, 11) is 0. The molecule has 0 unspecified atom stereocenters. The van der Waals surface area contributed by atoms with Gasteiger partial charge in [-0.3, -0.25) is 0 Å². The largest absolute Gasteiger partial charge is 0.420 e. The molecule has 1 aromatic carbocycles. The number of thioether (sulfide) groups is 1. The van der Waals surface area contributed by atoms with Crippen LogP contribution in [0.1, 0.15) is 38.0 Å². The lowest BCUT2D eigenvalue weighted by Crippen LogP contribution is -2.21. The summed E-state index contributed by atoms with van der Waals surface area (Å²) >= 11 is 3.16. The van der Waals surface area contributed by atoms with Crippen molar-refractivity contribution in [1.82, 2.24) is 20.4 Å². The summed E-state index contributed by atoms with van der Waals surface area (Å²) in [5.74, 6) is 1.74. The molecular formula is C17H19N5OS2. The third kappa shape index (κ3) is 4.38. The molecule has 0 bridgehead atoms. The van der Waals surface area contributed by atoms with E-state index in [1.165, 1.54) is 32.1 Å². The SMILES string of the molecule is c1ccc(-c2nnc(CSc3nnc(NC4CCCCC4)s3)o2)cc1. The van der Waals surface area contributed by atoms with E-state index in [2.05, 4.69) is 25.7 Å². The van der Waals surface area contributed by atoms with Crippen LogP contribution in [-0.2, 0) is 5.75 Å². The van der Waals surface area contributed by atoms with E-state index in [9.17, 15) is 0 Å². The summed E-state index contributed by atoms with van der Waals surface area (Å²) in [4.78, 5) is 0. The summed E-state index contributed by atoms with van der Waals surface area (Å²) in [6, 6.07) is 10.3. The van der Waals surface area contributed by atoms with E-state index in [0.29, 0.717) is 23.6 Å². The first-order chi connectivity index (χ1) is 12.4. The lowest BCUT2D eigenvalue weighted by atomic mass is 9.96. The Hall–Kier alpha value is -1.93. The molecule has 1 N–H and O–H groups in total. The molecule has 8 heteroatoms. The van der Waals surface area contributed by atoms with Crippen molar-refractivity contribution < 1.29 is 4.42 Å². The van der Waals surface area contributed by atoms with Gasteiger partial charge in [0.25, 0.3) is 0 Å². The molecule has 0 saturated heterocycles. The van der Waals surface area contributed by atoms with Crippen LogP contribution in [-0.4, -0.2) is 26.4 Å². The molecular weight excluding hydrogens is 354 g/mol. The monoisotopic (exact) mass is 373 g/mol. The van der Waals surface area contributed by atoms with Crippen LogP contribution >= 0.6 is 23.1 Å². The Morgan fingerprint density at radius 2 is 1.88 bits per heavy atom. The van der Waals surface area contributed by atoms with Crippen LogP contribution in [0.15, 0.2) is 39.1 Å². The van der Waals surface area contributed by atoms with Gasteiger partial charge >= 0.3 is 0 Å². The third-order valence-electron chi connectivity index (χ3n) is 4.15. The first-order valence-electron chi connectivity index (χ1n) is 8.47. The highest BCUT2D eigenvalue weighted by molar-refractivity contribution is 8.00. The average molecular weight is 374 g/mol. The van der Waals surface area contributed by atoms with Crippen LogP contribution < -0.4 is 5.32 Å². The smallest absolute Gasteiger partial charge is 0.247 e. The van der Waals surface area contributed by atoms with Gasteiger partial charge in [0.15, 0.2) is 4.34 Å². The van der Waals surface area contributed by atoms with Crippen molar-refractivity contribution in [3.63, 3.8) is 0 Å². The summed E-state index contributed by atoms with van der Waals surface area (Å²) < 4.78 is 6.63. The predicted octanol–water partition coefficient (Wildman–Crippen LogP) is 4.63. The van der Waals surface area contributed by atoms with Crippen molar-refractivity contribution in [3.8, 4) is 11.5 Å².